The number of carboxylic acid groups (broad SMARTS) is 1. The minimum absolute atomic E-state index is 0.275. The molecule has 0 aliphatic carbocycles. The third-order valence-electron chi connectivity index (χ3n) is 4.42. The van der Waals surface area contributed by atoms with E-state index >= 15 is 0 Å². The van der Waals surface area contributed by atoms with Crippen LogP contribution in [0.5, 0.6) is 5.75 Å². The molecule has 0 aromatic heterocycles. The second-order valence-corrected chi connectivity index (χ2v) is 6.96. The van der Waals surface area contributed by atoms with Crippen molar-refractivity contribution in [2.75, 3.05) is 6.61 Å². The van der Waals surface area contributed by atoms with Crippen molar-refractivity contribution in [3.63, 3.8) is 0 Å². The van der Waals surface area contributed by atoms with Crippen LogP contribution >= 0.6 is 0 Å². The van der Waals surface area contributed by atoms with E-state index in [1.165, 1.54) is 12.1 Å². The summed E-state index contributed by atoms with van der Waals surface area (Å²) in [5, 5.41) is 11.7. The lowest BCUT2D eigenvalue weighted by atomic mass is 9.79. The van der Waals surface area contributed by atoms with Gasteiger partial charge in [-0.25, -0.2) is 13.6 Å². The molecule has 2 aromatic carbocycles. The van der Waals surface area contributed by atoms with E-state index in [0.29, 0.717) is 12.4 Å². The molecule has 1 unspecified atom stereocenters. The highest BCUT2D eigenvalue weighted by Gasteiger charge is 2.38. The summed E-state index contributed by atoms with van der Waals surface area (Å²) in [5.41, 5.74) is 1.41. The Bertz CT molecular complexity index is 877. The first-order chi connectivity index (χ1) is 12.3. The number of hydrogen-bond donors (Lipinski definition) is 2. The molecule has 1 heterocycles. The van der Waals surface area contributed by atoms with E-state index in [-0.39, 0.29) is 11.0 Å². The fraction of sp³-hybridized carbons (Fsp3) is 0.250. The first kappa shape index (κ1) is 17.9. The van der Waals surface area contributed by atoms with Crippen LogP contribution in [0.4, 0.5) is 13.6 Å². The zero-order valence-electron chi connectivity index (χ0n) is 14.4. The molecule has 0 radical (unpaired) electrons. The third-order valence-corrected chi connectivity index (χ3v) is 4.42. The van der Waals surface area contributed by atoms with Gasteiger partial charge in [0.1, 0.15) is 17.4 Å². The molecule has 0 saturated heterocycles. The van der Waals surface area contributed by atoms with Crippen LogP contribution in [-0.2, 0) is 0 Å². The van der Waals surface area contributed by atoms with E-state index in [0.717, 1.165) is 17.2 Å². The average molecular weight is 359 g/mol. The molecule has 1 aliphatic heterocycles. The number of carbonyl (C=O) groups is 1. The summed E-state index contributed by atoms with van der Waals surface area (Å²) in [5.74, 6) is -0.672. The van der Waals surface area contributed by atoms with Gasteiger partial charge in [0.05, 0.1) is 12.6 Å². The van der Waals surface area contributed by atoms with Crippen LogP contribution in [0.1, 0.15) is 36.6 Å². The first-order valence-electron chi connectivity index (χ1n) is 8.15. The van der Waals surface area contributed by atoms with E-state index in [4.69, 9.17) is 9.84 Å². The highest BCUT2D eigenvalue weighted by atomic mass is 19.1. The molecule has 26 heavy (non-hydrogen) atoms. The zero-order chi connectivity index (χ0) is 18.9. The third kappa shape index (κ3) is 3.69. The van der Waals surface area contributed by atoms with Crippen molar-refractivity contribution in [2.45, 2.75) is 19.9 Å². The smallest absolute Gasteiger partial charge is 0.405 e. The minimum Gasteiger partial charge on any atom is -0.493 e. The molecular weight excluding hydrogens is 340 g/mol. The van der Waals surface area contributed by atoms with Crippen molar-refractivity contribution in [2.24, 2.45) is 5.41 Å². The van der Waals surface area contributed by atoms with Gasteiger partial charge >= 0.3 is 6.09 Å². The average Bonchev–Trinajstić information content (AvgIpc) is 2.56. The van der Waals surface area contributed by atoms with Gasteiger partial charge in [0.2, 0.25) is 0 Å². The Labute approximate surface area is 150 Å². The molecule has 1 aliphatic rings. The summed E-state index contributed by atoms with van der Waals surface area (Å²) in [7, 11) is 0. The number of nitrogens with one attached hydrogen (secondary N) is 1. The van der Waals surface area contributed by atoms with E-state index < -0.39 is 23.8 Å². The lowest BCUT2D eigenvalue weighted by Crippen LogP contribution is -2.43. The maximum atomic E-state index is 13.7. The van der Waals surface area contributed by atoms with Crippen LogP contribution in [0.15, 0.2) is 36.4 Å². The van der Waals surface area contributed by atoms with Crippen LogP contribution in [0.25, 0.3) is 12.2 Å². The van der Waals surface area contributed by atoms with Crippen molar-refractivity contribution < 1.29 is 23.4 Å². The van der Waals surface area contributed by atoms with Gasteiger partial charge in [-0.05, 0) is 23.8 Å². The number of rotatable bonds is 3. The highest BCUT2D eigenvalue weighted by molar-refractivity contribution is 5.71. The van der Waals surface area contributed by atoms with Crippen molar-refractivity contribution in [3.8, 4) is 5.75 Å². The van der Waals surface area contributed by atoms with Crippen molar-refractivity contribution in [3.05, 3.63) is 64.7 Å². The zero-order valence-corrected chi connectivity index (χ0v) is 14.4. The Kier molecular flexibility index (Phi) is 4.68. The normalized spacial score (nSPS) is 18.2. The Morgan fingerprint density at radius 3 is 2.69 bits per heavy atom. The number of ether oxygens (including phenoxy) is 1. The van der Waals surface area contributed by atoms with Gasteiger partial charge in [0.25, 0.3) is 0 Å². The SMILES string of the molecule is CC1(C)COc2cc(/C=C/c3ccc(F)cc3F)ccc2C1NC(=O)O. The minimum atomic E-state index is -1.09. The molecule has 4 nitrogen and oxygen atoms in total. The topological polar surface area (TPSA) is 58.6 Å². The van der Waals surface area contributed by atoms with Gasteiger partial charge in [0, 0.05) is 22.6 Å². The predicted octanol–water partition coefficient (Wildman–Crippen LogP) is 4.86. The second-order valence-electron chi connectivity index (χ2n) is 6.96. The van der Waals surface area contributed by atoms with Gasteiger partial charge in [-0.3, -0.25) is 0 Å². The number of fused-ring (bicyclic) bond motifs is 1. The van der Waals surface area contributed by atoms with Gasteiger partial charge in [-0.2, -0.15) is 0 Å². The molecule has 3 rings (SSSR count). The Morgan fingerprint density at radius 1 is 1.23 bits per heavy atom. The van der Waals surface area contributed by atoms with Gasteiger partial charge in [0.15, 0.2) is 0 Å². The van der Waals surface area contributed by atoms with E-state index in [1.807, 2.05) is 13.8 Å². The maximum Gasteiger partial charge on any atom is 0.405 e. The molecule has 1 amide bonds. The summed E-state index contributed by atoms with van der Waals surface area (Å²) >= 11 is 0. The molecule has 1 atom stereocenters. The highest BCUT2D eigenvalue weighted by Crippen LogP contribution is 2.43. The van der Waals surface area contributed by atoms with E-state index in [9.17, 15) is 13.6 Å². The predicted molar refractivity (Wildman–Crippen MR) is 94.9 cm³/mol. The molecule has 2 aromatic rings. The van der Waals surface area contributed by atoms with Crippen molar-refractivity contribution in [1.29, 1.82) is 0 Å². The van der Waals surface area contributed by atoms with Crippen molar-refractivity contribution >= 4 is 18.2 Å². The molecule has 0 spiro atoms. The molecule has 2 N–H and O–H groups in total. The van der Waals surface area contributed by atoms with Gasteiger partial charge in [-0.15, -0.1) is 0 Å². The largest absolute Gasteiger partial charge is 0.493 e. The summed E-state index contributed by atoms with van der Waals surface area (Å²) in [6, 6.07) is 8.39. The summed E-state index contributed by atoms with van der Waals surface area (Å²) in [6.07, 6.45) is 2.15. The molecule has 0 fully saturated rings. The Hall–Kier alpha value is -2.89. The number of hydrogen-bond acceptors (Lipinski definition) is 2. The standard InChI is InChI=1S/C20H19F2NO3/c1-20(2)11-26-17-9-12(4-8-15(17)18(20)23-19(24)25)3-5-13-6-7-14(21)10-16(13)22/h3-10,18,23H,11H2,1-2H3,(H,24,25)/b5-3+. The van der Waals surface area contributed by atoms with Crippen LogP contribution in [-0.4, -0.2) is 17.8 Å². The van der Waals surface area contributed by atoms with Gasteiger partial charge in [-0.1, -0.05) is 38.1 Å². The van der Waals surface area contributed by atoms with Crippen molar-refractivity contribution in [1.82, 2.24) is 5.32 Å². The Balaban J connectivity index is 1.89. The van der Waals surface area contributed by atoms with Crippen LogP contribution < -0.4 is 10.1 Å². The number of benzene rings is 2. The quantitative estimate of drug-likeness (QED) is 0.769. The second kappa shape index (κ2) is 6.78. The molecule has 0 saturated carbocycles. The monoisotopic (exact) mass is 359 g/mol. The maximum absolute atomic E-state index is 13.7. The van der Waals surface area contributed by atoms with E-state index in [1.54, 1.807) is 30.4 Å². The summed E-state index contributed by atoms with van der Waals surface area (Å²) < 4.78 is 32.5. The lowest BCUT2D eigenvalue weighted by Gasteiger charge is -2.39. The van der Waals surface area contributed by atoms with Crippen LogP contribution in [0, 0.1) is 17.0 Å². The van der Waals surface area contributed by atoms with E-state index in [2.05, 4.69) is 5.32 Å². The fourth-order valence-electron chi connectivity index (χ4n) is 3.01. The van der Waals surface area contributed by atoms with Crippen LogP contribution in [0.2, 0.25) is 0 Å². The molecule has 6 heteroatoms. The molecular formula is C20H19F2NO3. The molecule has 0 bridgehead atoms. The summed E-state index contributed by atoms with van der Waals surface area (Å²) in [6.45, 7) is 4.23. The lowest BCUT2D eigenvalue weighted by molar-refractivity contribution is 0.0995. The fourth-order valence-corrected chi connectivity index (χ4v) is 3.01. The van der Waals surface area contributed by atoms with Gasteiger partial charge < -0.3 is 15.2 Å². The first-order valence-corrected chi connectivity index (χ1v) is 8.15. The summed E-state index contributed by atoms with van der Waals surface area (Å²) in [4.78, 5) is 11.1. The Morgan fingerprint density at radius 2 is 2.00 bits per heavy atom. The number of halogens is 2. The number of amides is 1. The molecule has 136 valence electrons. The van der Waals surface area contributed by atoms with Crippen LogP contribution in [0.3, 0.4) is 0 Å².